The zero-order valence-corrected chi connectivity index (χ0v) is 32.3. The van der Waals surface area contributed by atoms with Gasteiger partial charge in [-0.25, -0.2) is 0 Å². The maximum atomic E-state index is 15.1. The minimum absolute atomic E-state index is 0.00510. The topological polar surface area (TPSA) is 99.6 Å². The van der Waals surface area contributed by atoms with Gasteiger partial charge in [-0.2, -0.15) is 0 Å². The third-order valence-electron chi connectivity index (χ3n) is 12.3. The number of ether oxygens (including phenoxy) is 2. The number of hydrogen-bond donors (Lipinski definition) is 1. The summed E-state index contributed by atoms with van der Waals surface area (Å²) in [5, 5.41) is 11.9. The fourth-order valence-corrected chi connectivity index (χ4v) is 9.64. The molecule has 4 atom stereocenters. The third-order valence-corrected chi connectivity index (χ3v) is 12.3. The van der Waals surface area contributed by atoms with Gasteiger partial charge in [-0.05, 0) is 64.4 Å². The second kappa shape index (κ2) is 14.4. The molecule has 3 amide bonds. The van der Waals surface area contributed by atoms with E-state index in [9.17, 15) is 14.7 Å². The standard InChI is InChI=1S/C47H47N3O6/c1-6-24-49-38-23-20-34(50-39-17-11-15-32-14-10-16-36(42(32)39)44(50)53)27-37(38)47(45(49)54)30(2)43(46(3,4)33-18-21-35(55-5)22-19-33)40(56-47)28-41(52)48(25-26-51)29-31-12-8-7-9-13-31/h6-23,27,30,40,43,51H,1,24-26,28-29H2,2-5H3/t30-,40+,43-,47+/m1/s1. The zero-order chi connectivity index (χ0) is 39.4. The molecule has 3 heterocycles. The van der Waals surface area contributed by atoms with E-state index in [0.717, 1.165) is 33.3 Å². The Balaban J connectivity index is 1.25. The van der Waals surface area contributed by atoms with Gasteiger partial charge in [0.15, 0.2) is 5.60 Å². The van der Waals surface area contributed by atoms with E-state index in [1.54, 1.807) is 27.9 Å². The van der Waals surface area contributed by atoms with Crippen molar-refractivity contribution < 1.29 is 29.0 Å². The number of carbonyl (C=O) groups excluding carboxylic acids is 3. The van der Waals surface area contributed by atoms with E-state index in [0.29, 0.717) is 29.0 Å². The lowest BCUT2D eigenvalue weighted by Gasteiger charge is -2.39. The molecule has 0 saturated carbocycles. The van der Waals surface area contributed by atoms with Crippen LogP contribution >= 0.6 is 0 Å². The molecule has 56 heavy (non-hydrogen) atoms. The van der Waals surface area contributed by atoms with E-state index >= 15 is 4.79 Å². The summed E-state index contributed by atoms with van der Waals surface area (Å²) in [6.07, 6.45) is 1.00. The molecule has 9 heteroatoms. The summed E-state index contributed by atoms with van der Waals surface area (Å²) in [5.41, 5.74) is 3.29. The maximum Gasteiger partial charge on any atom is 0.264 e. The maximum absolute atomic E-state index is 15.1. The van der Waals surface area contributed by atoms with Crippen molar-refractivity contribution >= 4 is 45.6 Å². The number of aliphatic hydroxyl groups excluding tert-OH is 1. The van der Waals surface area contributed by atoms with Crippen molar-refractivity contribution in [2.24, 2.45) is 11.8 Å². The van der Waals surface area contributed by atoms with Crippen LogP contribution in [0.25, 0.3) is 10.8 Å². The van der Waals surface area contributed by atoms with Crippen LogP contribution in [0.3, 0.4) is 0 Å². The van der Waals surface area contributed by atoms with Crippen LogP contribution in [0.5, 0.6) is 5.75 Å². The van der Waals surface area contributed by atoms with Gasteiger partial charge in [0.2, 0.25) is 5.91 Å². The summed E-state index contributed by atoms with van der Waals surface area (Å²) in [6.45, 7) is 10.9. The van der Waals surface area contributed by atoms with Gasteiger partial charge in [-0.1, -0.05) is 93.6 Å². The second-order valence-electron chi connectivity index (χ2n) is 15.6. The van der Waals surface area contributed by atoms with Gasteiger partial charge in [0.05, 0.1) is 43.2 Å². The number of fused-ring (bicyclic) bond motifs is 2. The van der Waals surface area contributed by atoms with Crippen molar-refractivity contribution in [1.82, 2.24) is 4.90 Å². The molecule has 1 spiro atoms. The summed E-state index contributed by atoms with van der Waals surface area (Å²) < 4.78 is 12.7. The van der Waals surface area contributed by atoms with E-state index < -0.39 is 23.0 Å². The molecular formula is C47H47N3O6. The fraction of sp³-hybridized carbons (Fsp3) is 0.298. The molecule has 0 unspecified atom stereocenters. The number of hydrogen-bond acceptors (Lipinski definition) is 6. The quantitative estimate of drug-likeness (QED) is 0.130. The van der Waals surface area contributed by atoms with E-state index in [-0.39, 0.29) is 49.8 Å². The summed E-state index contributed by atoms with van der Waals surface area (Å²) in [5.74, 6) is -0.568. The number of amides is 3. The number of benzene rings is 5. The normalized spacial score (nSPS) is 21.3. The van der Waals surface area contributed by atoms with Crippen LogP contribution in [0.1, 0.15) is 54.2 Å². The molecule has 3 aliphatic rings. The van der Waals surface area contributed by atoms with Gasteiger partial charge in [0.25, 0.3) is 11.8 Å². The minimum Gasteiger partial charge on any atom is -0.497 e. The van der Waals surface area contributed by atoms with Crippen LogP contribution in [0.2, 0.25) is 0 Å². The average Bonchev–Trinajstić information content (AvgIpc) is 3.76. The van der Waals surface area contributed by atoms with Crippen LogP contribution in [-0.2, 0) is 31.9 Å². The molecule has 9 nitrogen and oxygen atoms in total. The van der Waals surface area contributed by atoms with Crippen molar-refractivity contribution in [1.29, 1.82) is 0 Å². The Morgan fingerprint density at radius 2 is 1.70 bits per heavy atom. The molecule has 1 N–H and O–H groups in total. The fourth-order valence-electron chi connectivity index (χ4n) is 9.64. The minimum atomic E-state index is -1.48. The lowest BCUT2D eigenvalue weighted by molar-refractivity contribution is -0.150. The van der Waals surface area contributed by atoms with Gasteiger partial charge < -0.3 is 24.4 Å². The summed E-state index contributed by atoms with van der Waals surface area (Å²) in [4.78, 5) is 48.8. The molecule has 1 saturated heterocycles. The van der Waals surface area contributed by atoms with Crippen LogP contribution in [0, 0.1) is 11.8 Å². The first-order chi connectivity index (χ1) is 27.0. The number of nitrogens with zero attached hydrogens (tertiary/aromatic N) is 3. The van der Waals surface area contributed by atoms with E-state index in [1.807, 2.05) is 109 Å². The highest BCUT2D eigenvalue weighted by Crippen LogP contribution is 2.60. The number of methoxy groups -OCH3 is 1. The van der Waals surface area contributed by atoms with Gasteiger partial charge in [-0.3, -0.25) is 19.3 Å². The summed E-state index contributed by atoms with van der Waals surface area (Å²) >= 11 is 0. The molecule has 5 aromatic rings. The van der Waals surface area contributed by atoms with Crippen molar-refractivity contribution in [3.05, 3.63) is 144 Å². The van der Waals surface area contributed by atoms with Gasteiger partial charge >= 0.3 is 0 Å². The molecule has 286 valence electrons. The molecule has 0 aromatic heterocycles. The second-order valence-corrected chi connectivity index (χ2v) is 15.6. The number of rotatable bonds is 12. The summed E-state index contributed by atoms with van der Waals surface area (Å²) in [6, 6.07) is 35.0. The van der Waals surface area contributed by atoms with E-state index in [1.165, 1.54) is 0 Å². The van der Waals surface area contributed by atoms with Gasteiger partial charge in [-0.15, -0.1) is 6.58 Å². The van der Waals surface area contributed by atoms with Crippen LogP contribution in [0.15, 0.2) is 122 Å². The predicted octanol–water partition coefficient (Wildman–Crippen LogP) is 7.91. The van der Waals surface area contributed by atoms with E-state index in [2.05, 4.69) is 27.4 Å². The average molecular weight is 750 g/mol. The molecule has 0 aliphatic carbocycles. The SMILES string of the molecule is C=CCN1C(=O)[C@@]2(O[C@@H](CC(=O)N(CCO)Cc3ccccc3)[C@H](C(C)(C)c3ccc(OC)cc3)[C@H]2C)c2cc(N3C(=O)c4cccc5cccc3c45)ccc21. The first-order valence-corrected chi connectivity index (χ1v) is 19.2. The van der Waals surface area contributed by atoms with Crippen LogP contribution in [-0.4, -0.2) is 60.6 Å². The Morgan fingerprint density at radius 3 is 2.39 bits per heavy atom. The lowest BCUT2D eigenvalue weighted by Crippen LogP contribution is -2.46. The Kier molecular flexibility index (Phi) is 9.55. The Labute approximate surface area is 327 Å². The van der Waals surface area contributed by atoms with Crippen molar-refractivity contribution in [3.8, 4) is 5.75 Å². The smallest absolute Gasteiger partial charge is 0.264 e. The van der Waals surface area contributed by atoms with Gasteiger partial charge in [0, 0.05) is 48.1 Å². The van der Waals surface area contributed by atoms with Crippen LogP contribution in [0.4, 0.5) is 17.1 Å². The Bertz CT molecular complexity index is 2330. The summed E-state index contributed by atoms with van der Waals surface area (Å²) in [7, 11) is 1.63. The third kappa shape index (κ3) is 5.80. The number of carbonyl (C=O) groups is 3. The molecular weight excluding hydrogens is 703 g/mol. The van der Waals surface area contributed by atoms with E-state index in [4.69, 9.17) is 9.47 Å². The highest BCUT2D eigenvalue weighted by atomic mass is 16.5. The van der Waals surface area contributed by atoms with Crippen molar-refractivity contribution in [2.45, 2.75) is 50.9 Å². The Hall–Kier alpha value is -5.77. The molecule has 0 radical (unpaired) electrons. The first-order valence-electron chi connectivity index (χ1n) is 19.2. The van der Waals surface area contributed by atoms with Gasteiger partial charge in [0.1, 0.15) is 5.75 Å². The highest BCUT2D eigenvalue weighted by Gasteiger charge is 2.66. The molecule has 0 bridgehead atoms. The molecule has 8 rings (SSSR count). The number of anilines is 3. The molecule has 5 aromatic carbocycles. The monoisotopic (exact) mass is 749 g/mol. The van der Waals surface area contributed by atoms with Crippen LogP contribution < -0.4 is 14.5 Å². The lowest BCUT2D eigenvalue weighted by atomic mass is 9.63. The zero-order valence-electron chi connectivity index (χ0n) is 32.3. The Morgan fingerprint density at radius 1 is 0.964 bits per heavy atom. The molecule has 1 fully saturated rings. The van der Waals surface area contributed by atoms with Crippen molar-refractivity contribution in [3.63, 3.8) is 0 Å². The van der Waals surface area contributed by atoms with Crippen molar-refractivity contribution in [2.75, 3.05) is 36.6 Å². The highest BCUT2D eigenvalue weighted by molar-refractivity contribution is 6.28. The number of aliphatic hydroxyl groups is 1. The first kappa shape index (κ1) is 37.2. The largest absolute Gasteiger partial charge is 0.497 e. The molecule has 3 aliphatic heterocycles. The predicted molar refractivity (Wildman–Crippen MR) is 218 cm³/mol.